The van der Waals surface area contributed by atoms with Crippen molar-refractivity contribution in [2.24, 2.45) is 17.3 Å². The van der Waals surface area contributed by atoms with E-state index in [1.807, 2.05) is 12.3 Å². The van der Waals surface area contributed by atoms with Gasteiger partial charge in [0.15, 0.2) is 11.9 Å². The first-order valence-corrected chi connectivity index (χ1v) is 12.7. The Morgan fingerprint density at radius 1 is 1.34 bits per heavy atom. The van der Waals surface area contributed by atoms with Crippen LogP contribution in [0.1, 0.15) is 97.2 Å². The van der Waals surface area contributed by atoms with E-state index < -0.39 is 5.97 Å². The Balaban J connectivity index is 1.91. The molecule has 3 nitrogen and oxygen atoms in total. The number of nitrogens with zero attached hydrogens (tertiary/aromatic N) is 1. The van der Waals surface area contributed by atoms with Crippen LogP contribution >= 0.6 is 0 Å². The van der Waals surface area contributed by atoms with Gasteiger partial charge in [-0.1, -0.05) is 51.0 Å². The van der Waals surface area contributed by atoms with Crippen LogP contribution in [0, 0.1) is 17.3 Å². The molecule has 1 aliphatic carbocycles. The van der Waals surface area contributed by atoms with Gasteiger partial charge >= 0.3 is 5.97 Å². The average molecular weight is 441 g/mol. The molecule has 1 heterocycles. The Kier molecular flexibility index (Phi) is 10.2. The lowest BCUT2D eigenvalue weighted by Crippen LogP contribution is -2.39. The first-order chi connectivity index (χ1) is 15.1. The van der Waals surface area contributed by atoms with E-state index in [1.165, 1.54) is 48.9 Å². The molecule has 2 rings (SSSR count). The maximum absolute atomic E-state index is 11.1. The van der Waals surface area contributed by atoms with Crippen LogP contribution in [0.5, 0.6) is 0 Å². The van der Waals surface area contributed by atoms with Crippen molar-refractivity contribution >= 4 is 5.97 Å². The number of rotatable bonds is 13. The molecule has 1 saturated carbocycles. The van der Waals surface area contributed by atoms with Crippen molar-refractivity contribution in [1.29, 1.82) is 0 Å². The highest BCUT2D eigenvalue weighted by atomic mass is 16.4. The van der Waals surface area contributed by atoms with E-state index in [9.17, 15) is 4.79 Å². The fraction of sp³-hybridized carbons (Fsp3) is 0.655. The number of aromatic nitrogens is 1. The minimum Gasteiger partial charge on any atom is -0.481 e. The molecule has 32 heavy (non-hydrogen) atoms. The Morgan fingerprint density at radius 2 is 2.09 bits per heavy atom. The summed E-state index contributed by atoms with van der Waals surface area (Å²) in [6.45, 7) is 16.7. The maximum Gasteiger partial charge on any atom is 0.308 e. The monoisotopic (exact) mass is 440 g/mol. The second-order valence-electron chi connectivity index (χ2n) is 10.6. The van der Waals surface area contributed by atoms with Gasteiger partial charge in [-0.15, -0.1) is 0 Å². The van der Waals surface area contributed by atoms with Crippen LogP contribution in [0.15, 0.2) is 42.1 Å². The zero-order valence-corrected chi connectivity index (χ0v) is 21.3. The Hall–Kier alpha value is -1.90. The number of carbonyl (C=O) groups is 1. The van der Waals surface area contributed by atoms with Crippen molar-refractivity contribution in [3.8, 4) is 0 Å². The average Bonchev–Trinajstić information content (AvgIpc) is 3.10. The first-order valence-electron chi connectivity index (χ1n) is 12.7. The van der Waals surface area contributed by atoms with Gasteiger partial charge < -0.3 is 5.11 Å². The number of allylic oxidation sites excluding steroid dienone is 3. The van der Waals surface area contributed by atoms with E-state index in [0.717, 1.165) is 43.7 Å². The lowest BCUT2D eigenvalue weighted by molar-refractivity contribution is -0.705. The summed E-state index contributed by atoms with van der Waals surface area (Å²) in [6, 6.07) is 4.11. The summed E-state index contributed by atoms with van der Waals surface area (Å²) in [5.41, 5.74) is 5.44. The summed E-state index contributed by atoms with van der Waals surface area (Å²) < 4.78 is 2.28. The fourth-order valence-corrected chi connectivity index (χ4v) is 5.36. The highest BCUT2D eigenvalue weighted by Crippen LogP contribution is 2.51. The van der Waals surface area contributed by atoms with Gasteiger partial charge in [0, 0.05) is 24.5 Å². The molecule has 178 valence electrons. The number of carboxylic acid groups (broad SMARTS) is 1. The van der Waals surface area contributed by atoms with Crippen molar-refractivity contribution in [1.82, 2.24) is 0 Å². The van der Waals surface area contributed by atoms with Crippen LogP contribution in [0.25, 0.3) is 0 Å². The van der Waals surface area contributed by atoms with Gasteiger partial charge in [-0.25, -0.2) is 4.57 Å². The number of hydrogen-bond donors (Lipinski definition) is 1. The van der Waals surface area contributed by atoms with Gasteiger partial charge in [0.2, 0.25) is 0 Å². The van der Waals surface area contributed by atoms with Crippen molar-refractivity contribution in [2.45, 2.75) is 105 Å². The molecular weight excluding hydrogens is 394 g/mol. The summed E-state index contributed by atoms with van der Waals surface area (Å²) in [5.74, 6) is 0.626. The highest BCUT2D eigenvalue weighted by molar-refractivity contribution is 5.69. The second kappa shape index (κ2) is 12.4. The number of hydrogen-bond acceptors (Lipinski definition) is 1. The van der Waals surface area contributed by atoms with E-state index in [-0.39, 0.29) is 6.42 Å². The summed E-state index contributed by atoms with van der Waals surface area (Å²) >= 11 is 0. The molecule has 0 aliphatic heterocycles. The molecule has 1 fully saturated rings. The molecule has 0 radical (unpaired) electrons. The predicted octanol–water partition coefficient (Wildman–Crippen LogP) is 7.08. The molecule has 0 unspecified atom stereocenters. The zero-order valence-electron chi connectivity index (χ0n) is 21.3. The molecule has 3 heteroatoms. The fourth-order valence-electron chi connectivity index (χ4n) is 5.36. The molecule has 1 N–H and O–H groups in total. The minimum atomic E-state index is -0.769. The topological polar surface area (TPSA) is 41.2 Å². The van der Waals surface area contributed by atoms with Crippen molar-refractivity contribution < 1.29 is 14.5 Å². The number of carboxylic acids is 1. The van der Waals surface area contributed by atoms with E-state index in [4.69, 9.17) is 5.11 Å². The molecule has 1 aromatic heterocycles. The molecule has 0 amide bonds. The van der Waals surface area contributed by atoms with Crippen LogP contribution in [0.3, 0.4) is 0 Å². The van der Waals surface area contributed by atoms with Crippen molar-refractivity contribution in [2.75, 3.05) is 0 Å². The summed E-state index contributed by atoms with van der Waals surface area (Å²) in [5, 5.41) is 9.12. The first kappa shape index (κ1) is 26.4. The number of pyridine rings is 1. The smallest absolute Gasteiger partial charge is 0.308 e. The standard InChI is InChI=1S/C29H45NO2/c1-22(2)16-19-30-21-26(20-28(31)32)13-14-27(30)12-8-7-10-24(5)15-18-29(23(3)4)17-9-11-25(29)6/h10,13-14,21-22,25H,3,7-9,11-12,15-20H2,1-2,4-6H3/p+1/b24-10+/t25-,29+/m1/s1. The van der Waals surface area contributed by atoms with E-state index in [1.54, 1.807) is 0 Å². The van der Waals surface area contributed by atoms with Gasteiger partial charge in [-0.3, -0.25) is 4.79 Å². The van der Waals surface area contributed by atoms with Gasteiger partial charge in [0.25, 0.3) is 0 Å². The van der Waals surface area contributed by atoms with Gasteiger partial charge in [-0.2, -0.15) is 0 Å². The molecule has 0 spiro atoms. The van der Waals surface area contributed by atoms with Gasteiger partial charge in [-0.05, 0) is 75.7 Å². The van der Waals surface area contributed by atoms with E-state index >= 15 is 0 Å². The largest absolute Gasteiger partial charge is 0.481 e. The molecule has 0 saturated heterocycles. The zero-order chi connectivity index (χ0) is 23.7. The van der Waals surface area contributed by atoms with Crippen LogP contribution in [-0.4, -0.2) is 11.1 Å². The highest BCUT2D eigenvalue weighted by Gasteiger charge is 2.40. The van der Waals surface area contributed by atoms with Gasteiger partial charge in [0.05, 0.1) is 6.42 Å². The third-order valence-electron chi connectivity index (χ3n) is 7.63. The Morgan fingerprint density at radius 3 is 2.69 bits per heavy atom. The molecule has 0 bridgehead atoms. The molecule has 0 aromatic carbocycles. The summed E-state index contributed by atoms with van der Waals surface area (Å²) in [7, 11) is 0. The third kappa shape index (κ3) is 7.60. The van der Waals surface area contributed by atoms with Crippen molar-refractivity contribution in [3.63, 3.8) is 0 Å². The Labute approximate surface area is 196 Å². The van der Waals surface area contributed by atoms with Gasteiger partial charge in [0.1, 0.15) is 6.54 Å². The lowest BCUT2D eigenvalue weighted by atomic mass is 9.70. The summed E-state index contributed by atoms with van der Waals surface area (Å²) in [6.07, 6.45) is 15.4. The minimum absolute atomic E-state index is 0.0915. The number of aryl methyl sites for hydroxylation is 2. The maximum atomic E-state index is 11.1. The SMILES string of the molecule is C=C(C)[C@@]1(CC/C(C)=C/CCCc2ccc(CC(=O)O)c[n+]2CCC(C)C)CCC[C@H]1C. The van der Waals surface area contributed by atoms with E-state index in [0.29, 0.717) is 11.3 Å². The van der Waals surface area contributed by atoms with Crippen LogP contribution < -0.4 is 4.57 Å². The normalized spacial score (nSPS) is 21.3. The molecule has 1 aromatic rings. The lowest BCUT2D eigenvalue weighted by Gasteiger charge is -2.35. The second-order valence-corrected chi connectivity index (χ2v) is 10.6. The molecule has 2 atom stereocenters. The Bertz CT molecular complexity index is 807. The van der Waals surface area contributed by atoms with Crippen molar-refractivity contribution in [3.05, 3.63) is 53.4 Å². The quantitative estimate of drug-likeness (QED) is 0.202. The number of unbranched alkanes of at least 4 members (excludes halogenated alkanes) is 1. The third-order valence-corrected chi connectivity index (χ3v) is 7.63. The summed E-state index contributed by atoms with van der Waals surface area (Å²) in [4.78, 5) is 11.1. The molecule has 1 aliphatic rings. The van der Waals surface area contributed by atoms with E-state index in [2.05, 4.69) is 57.9 Å². The predicted molar refractivity (Wildman–Crippen MR) is 134 cm³/mol. The number of aliphatic carboxylic acids is 1. The van der Waals surface area contributed by atoms with Crippen LogP contribution in [0.2, 0.25) is 0 Å². The van der Waals surface area contributed by atoms with Crippen LogP contribution in [0.4, 0.5) is 0 Å². The van der Waals surface area contributed by atoms with Crippen LogP contribution in [-0.2, 0) is 24.2 Å². The molecular formula is C29H46NO2+.